The molecule has 0 amide bonds. The number of hydrogen-bond donors (Lipinski definition) is 0. The maximum atomic E-state index is 14.0. The van der Waals surface area contributed by atoms with E-state index in [2.05, 4.69) is 14.9 Å². The van der Waals surface area contributed by atoms with Crippen LogP contribution in [0, 0.1) is 11.3 Å². The van der Waals surface area contributed by atoms with Crippen LogP contribution in [0.15, 0.2) is 30.6 Å². The molecule has 0 N–H and O–H groups in total. The van der Waals surface area contributed by atoms with E-state index in [9.17, 15) is 18.4 Å². The van der Waals surface area contributed by atoms with Crippen molar-refractivity contribution in [3.63, 3.8) is 0 Å². The Morgan fingerprint density at radius 1 is 1.20 bits per heavy atom. The second-order valence-electron chi connectivity index (χ2n) is 8.72. The van der Waals surface area contributed by atoms with Gasteiger partial charge in [0.25, 0.3) is 0 Å². The van der Waals surface area contributed by atoms with Crippen LogP contribution in [0.3, 0.4) is 0 Å². The molecule has 0 bridgehead atoms. The van der Waals surface area contributed by atoms with Gasteiger partial charge in [-0.25, -0.2) is 9.97 Å². The summed E-state index contributed by atoms with van der Waals surface area (Å²) in [5.74, 6) is -0.206. The molecule has 186 valence electrons. The molecule has 1 fully saturated rings. The van der Waals surface area contributed by atoms with Gasteiger partial charge < -0.3 is 14.0 Å². The normalized spacial score (nSPS) is 17.0. The summed E-state index contributed by atoms with van der Waals surface area (Å²) in [5.41, 5.74) is 0.758. The number of aryl methyl sites for hydroxylation is 1. The zero-order valence-corrected chi connectivity index (χ0v) is 19.8. The maximum Gasteiger partial charge on any atom is 0.419 e. The van der Waals surface area contributed by atoms with Crippen molar-refractivity contribution in [3.05, 3.63) is 41.9 Å². The molecule has 1 aromatic carbocycles. The Hall–Kier alpha value is -3.16. The highest BCUT2D eigenvalue weighted by molar-refractivity contribution is 5.84. The molecule has 1 atom stereocenters. The van der Waals surface area contributed by atoms with Crippen LogP contribution in [0.5, 0.6) is 5.75 Å². The van der Waals surface area contributed by atoms with Crippen molar-refractivity contribution < 1.29 is 22.6 Å². The number of rotatable bonds is 8. The topological polar surface area (TPSA) is 76.2 Å². The first-order chi connectivity index (χ1) is 16.8. The number of nitrogens with zero attached hydrogens (tertiary/aromatic N) is 5. The molecule has 7 nitrogen and oxygen atoms in total. The fourth-order valence-corrected chi connectivity index (χ4v) is 4.58. The molecule has 1 aliphatic rings. The summed E-state index contributed by atoms with van der Waals surface area (Å²) < 4.78 is 54.4. The highest BCUT2D eigenvalue weighted by Crippen LogP contribution is 2.39. The van der Waals surface area contributed by atoms with Gasteiger partial charge in [-0.05, 0) is 50.1 Å². The summed E-state index contributed by atoms with van der Waals surface area (Å²) >= 11 is 0. The van der Waals surface area contributed by atoms with Crippen molar-refractivity contribution in [3.8, 4) is 23.1 Å². The molecule has 1 unspecified atom stereocenters. The highest BCUT2D eigenvalue weighted by atomic mass is 19.4. The SMILES string of the molecule is COCCN1CCCCC1CCOc1ccc(-c2cc3c(ncn3C)c(C#N)n2)cc1C(F)(F)F. The van der Waals surface area contributed by atoms with E-state index < -0.39 is 11.7 Å². The third-order valence-electron chi connectivity index (χ3n) is 6.44. The number of imidazole rings is 1. The zero-order chi connectivity index (χ0) is 25.0. The number of benzene rings is 1. The van der Waals surface area contributed by atoms with E-state index in [0.717, 1.165) is 38.4 Å². The van der Waals surface area contributed by atoms with E-state index in [1.54, 1.807) is 30.9 Å². The van der Waals surface area contributed by atoms with Crippen molar-refractivity contribution >= 4 is 11.0 Å². The summed E-state index contributed by atoms with van der Waals surface area (Å²) in [5, 5.41) is 9.44. The van der Waals surface area contributed by atoms with E-state index in [0.29, 0.717) is 24.1 Å². The van der Waals surface area contributed by atoms with Crippen molar-refractivity contribution in [2.24, 2.45) is 7.05 Å². The van der Waals surface area contributed by atoms with E-state index in [4.69, 9.17) is 9.47 Å². The van der Waals surface area contributed by atoms with Crippen molar-refractivity contribution in [1.29, 1.82) is 5.26 Å². The summed E-state index contributed by atoms with van der Waals surface area (Å²) in [4.78, 5) is 10.7. The molecular weight excluding hydrogens is 459 g/mol. The number of ether oxygens (including phenoxy) is 2. The van der Waals surface area contributed by atoms with Crippen molar-refractivity contribution in [2.45, 2.75) is 37.9 Å². The summed E-state index contributed by atoms with van der Waals surface area (Å²) in [7, 11) is 3.41. The maximum absolute atomic E-state index is 14.0. The lowest BCUT2D eigenvalue weighted by Crippen LogP contribution is -2.42. The fraction of sp³-hybridized carbons (Fsp3) is 0.480. The van der Waals surface area contributed by atoms with Crippen molar-refractivity contribution in [2.75, 3.05) is 33.4 Å². The Labute approximate surface area is 202 Å². The van der Waals surface area contributed by atoms with Gasteiger partial charge in [0.05, 0.1) is 36.3 Å². The first-order valence-corrected chi connectivity index (χ1v) is 11.6. The number of halogens is 3. The third-order valence-corrected chi connectivity index (χ3v) is 6.44. The van der Waals surface area contributed by atoms with Crippen LogP contribution in [-0.2, 0) is 18.0 Å². The second kappa shape index (κ2) is 10.6. The molecule has 0 spiro atoms. The monoisotopic (exact) mass is 487 g/mol. The molecule has 10 heteroatoms. The van der Waals surface area contributed by atoms with Gasteiger partial charge in [-0.3, -0.25) is 4.90 Å². The minimum atomic E-state index is -4.60. The molecule has 0 aliphatic carbocycles. The molecular formula is C25H28F3N5O2. The number of alkyl halides is 3. The molecule has 35 heavy (non-hydrogen) atoms. The molecule has 3 aromatic rings. The van der Waals surface area contributed by atoms with E-state index >= 15 is 0 Å². The molecule has 0 saturated carbocycles. The Kier molecular flexibility index (Phi) is 7.57. The number of pyridine rings is 1. The summed E-state index contributed by atoms with van der Waals surface area (Å²) in [6.07, 6.45) is 0.809. The van der Waals surface area contributed by atoms with Gasteiger partial charge in [0.2, 0.25) is 0 Å². The van der Waals surface area contributed by atoms with Crippen molar-refractivity contribution in [1.82, 2.24) is 19.4 Å². The minimum absolute atomic E-state index is 0.0671. The Morgan fingerprint density at radius 3 is 2.77 bits per heavy atom. The lowest BCUT2D eigenvalue weighted by Gasteiger charge is -2.35. The fourth-order valence-electron chi connectivity index (χ4n) is 4.58. The third kappa shape index (κ3) is 5.57. The number of piperidine rings is 1. The zero-order valence-electron chi connectivity index (χ0n) is 19.8. The van der Waals surface area contributed by atoms with Crippen LogP contribution in [0.25, 0.3) is 22.3 Å². The lowest BCUT2D eigenvalue weighted by molar-refractivity contribution is -0.138. The minimum Gasteiger partial charge on any atom is -0.493 e. The van der Waals surface area contributed by atoms with Crippen LogP contribution in [0.2, 0.25) is 0 Å². The van der Waals surface area contributed by atoms with Gasteiger partial charge in [0.15, 0.2) is 5.69 Å². The van der Waals surface area contributed by atoms with Gasteiger partial charge in [-0.15, -0.1) is 0 Å². The predicted molar refractivity (Wildman–Crippen MR) is 125 cm³/mol. The number of likely N-dealkylation sites (tertiary alicyclic amines) is 1. The van der Waals surface area contributed by atoms with Crippen LogP contribution < -0.4 is 4.74 Å². The number of aromatic nitrogens is 3. The van der Waals surface area contributed by atoms with Gasteiger partial charge >= 0.3 is 6.18 Å². The summed E-state index contributed by atoms with van der Waals surface area (Å²) in [6.45, 7) is 2.59. The quantitative estimate of drug-likeness (QED) is 0.455. The van der Waals surface area contributed by atoms with Crippen LogP contribution in [-0.4, -0.2) is 58.9 Å². The van der Waals surface area contributed by atoms with E-state index in [1.807, 2.05) is 6.07 Å². The number of nitriles is 1. The Balaban J connectivity index is 1.56. The smallest absolute Gasteiger partial charge is 0.419 e. The molecule has 1 aliphatic heterocycles. The number of hydrogen-bond acceptors (Lipinski definition) is 6. The first-order valence-electron chi connectivity index (χ1n) is 11.6. The van der Waals surface area contributed by atoms with Gasteiger partial charge in [-0.1, -0.05) is 6.42 Å². The number of fused-ring (bicyclic) bond motifs is 1. The Bertz CT molecular complexity index is 1220. The van der Waals surface area contributed by atoms with Gasteiger partial charge in [-0.2, -0.15) is 18.4 Å². The van der Waals surface area contributed by atoms with E-state index in [1.165, 1.54) is 12.4 Å². The standard InChI is InChI=1S/C25H28F3N5O2/c1-32-16-30-24-21(15-29)31-20(14-22(24)32)17-6-7-23(19(13-17)25(26,27)28)35-11-8-18-5-3-4-9-33(18)10-12-34-2/h6-7,13-14,16,18H,3-5,8-12H2,1-2H3. The Morgan fingerprint density at radius 2 is 2.03 bits per heavy atom. The highest BCUT2D eigenvalue weighted by Gasteiger charge is 2.35. The van der Waals surface area contributed by atoms with Crippen LogP contribution in [0.4, 0.5) is 13.2 Å². The molecule has 4 rings (SSSR count). The van der Waals surface area contributed by atoms with Gasteiger partial charge in [0.1, 0.15) is 17.3 Å². The summed E-state index contributed by atoms with van der Waals surface area (Å²) in [6, 6.07) is 7.80. The molecule has 1 saturated heterocycles. The lowest BCUT2D eigenvalue weighted by atomic mass is 9.99. The average molecular weight is 488 g/mol. The number of methoxy groups -OCH3 is 1. The van der Waals surface area contributed by atoms with E-state index in [-0.39, 0.29) is 35.3 Å². The van der Waals surface area contributed by atoms with Crippen LogP contribution in [0.1, 0.15) is 36.9 Å². The average Bonchev–Trinajstić information content (AvgIpc) is 3.23. The molecule has 0 radical (unpaired) electrons. The first kappa shape index (κ1) is 24.9. The van der Waals surface area contributed by atoms with Crippen LogP contribution >= 0.6 is 0 Å². The van der Waals surface area contributed by atoms with Gasteiger partial charge in [0, 0.05) is 32.3 Å². The second-order valence-corrected chi connectivity index (χ2v) is 8.72. The molecule has 3 heterocycles. The largest absolute Gasteiger partial charge is 0.493 e. The molecule has 2 aromatic heterocycles. The predicted octanol–water partition coefficient (Wildman–Crippen LogP) is 4.80.